The molecule has 1 N–H and O–H groups in total. The lowest BCUT2D eigenvalue weighted by atomic mass is 10.1. The number of thiol groups is 1. The second kappa shape index (κ2) is 5.08. The van der Waals surface area contributed by atoms with E-state index in [2.05, 4.69) is 12.6 Å². The maximum Gasteiger partial charge on any atom is 0.283 e. The van der Waals surface area contributed by atoms with Crippen molar-refractivity contribution in [1.82, 2.24) is 4.73 Å². The summed E-state index contributed by atoms with van der Waals surface area (Å²) in [6.45, 7) is 1.80. The van der Waals surface area contributed by atoms with Crippen LogP contribution in [0.25, 0.3) is 0 Å². The number of rotatable bonds is 2. The molecule has 18 heavy (non-hydrogen) atoms. The Hall–Kier alpha value is -1.39. The van der Waals surface area contributed by atoms with Gasteiger partial charge in [0.1, 0.15) is 0 Å². The Balaban J connectivity index is 2.49. The molecule has 0 saturated heterocycles. The van der Waals surface area contributed by atoms with E-state index < -0.39 is 5.56 Å². The minimum atomic E-state index is -0.460. The number of aromatic nitrogens is 1. The summed E-state index contributed by atoms with van der Waals surface area (Å²) < 4.78 is 0.624. The first-order chi connectivity index (χ1) is 8.49. The van der Waals surface area contributed by atoms with Crippen LogP contribution in [0, 0.1) is 6.92 Å². The highest BCUT2D eigenvalue weighted by molar-refractivity contribution is 7.80. The first-order valence-corrected chi connectivity index (χ1v) is 6.25. The summed E-state index contributed by atoms with van der Waals surface area (Å²) in [6, 6.07) is 10.2. The van der Waals surface area contributed by atoms with Gasteiger partial charge in [-0.3, -0.25) is 4.79 Å². The Morgan fingerprint density at radius 2 is 1.89 bits per heavy atom. The van der Waals surface area contributed by atoms with Crippen LogP contribution in [0.4, 0.5) is 0 Å². The molecule has 1 unspecified atom stereocenters. The average Bonchev–Trinajstić information content (AvgIpc) is 2.34. The van der Waals surface area contributed by atoms with Crippen LogP contribution in [0.15, 0.2) is 41.2 Å². The molecular formula is C13H12ClNO2S. The maximum absolute atomic E-state index is 11.5. The average molecular weight is 282 g/mol. The third kappa shape index (κ3) is 2.54. The number of hydrogen-bond donors (Lipinski definition) is 2. The molecule has 0 radical (unpaired) electrons. The first-order valence-electron chi connectivity index (χ1n) is 5.35. The molecule has 0 bridgehead atoms. The van der Waals surface area contributed by atoms with Gasteiger partial charge in [-0.25, -0.2) is 0 Å². The van der Waals surface area contributed by atoms with Crippen molar-refractivity contribution in [3.63, 3.8) is 0 Å². The molecule has 0 saturated carbocycles. The largest absolute Gasteiger partial charge is 0.425 e. The van der Waals surface area contributed by atoms with E-state index in [1.54, 1.807) is 25.1 Å². The van der Waals surface area contributed by atoms with Crippen molar-refractivity contribution in [2.45, 2.75) is 12.2 Å². The van der Waals surface area contributed by atoms with Crippen molar-refractivity contribution >= 4 is 24.2 Å². The third-order valence-corrected chi connectivity index (χ3v) is 3.46. The maximum atomic E-state index is 11.5. The summed E-state index contributed by atoms with van der Waals surface area (Å²) in [6.07, 6.45) is 0. The number of benzene rings is 1. The number of nitrogens with zero attached hydrogens (tertiary/aromatic N) is 1. The van der Waals surface area contributed by atoms with Crippen molar-refractivity contribution < 1.29 is 5.21 Å². The minimum absolute atomic E-state index is 0.389. The zero-order chi connectivity index (χ0) is 13.3. The molecule has 1 aromatic heterocycles. The molecule has 0 fully saturated rings. The van der Waals surface area contributed by atoms with Crippen LogP contribution in [0.2, 0.25) is 5.02 Å². The van der Waals surface area contributed by atoms with Gasteiger partial charge in [-0.1, -0.05) is 23.7 Å². The van der Waals surface area contributed by atoms with Gasteiger partial charge in [0.25, 0.3) is 5.56 Å². The SMILES string of the molecule is Cc1cc(C(S)c2ccc(Cl)cc2)n(O)c(=O)c1. The van der Waals surface area contributed by atoms with Gasteiger partial charge in [0.15, 0.2) is 0 Å². The van der Waals surface area contributed by atoms with E-state index in [0.717, 1.165) is 11.1 Å². The fraction of sp³-hybridized carbons (Fsp3) is 0.154. The fourth-order valence-corrected chi connectivity index (χ4v) is 2.21. The second-order valence-electron chi connectivity index (χ2n) is 4.06. The molecule has 2 aromatic rings. The number of pyridine rings is 1. The Morgan fingerprint density at radius 3 is 2.50 bits per heavy atom. The highest BCUT2D eigenvalue weighted by atomic mass is 35.5. The standard InChI is InChI=1S/C13H12ClNO2S/c1-8-6-11(15(17)12(16)7-8)13(18)9-2-4-10(14)5-3-9/h2-7,13,17-18H,1H3. The van der Waals surface area contributed by atoms with Gasteiger partial charge in [-0.15, -0.1) is 0 Å². The first kappa shape index (κ1) is 13.1. The van der Waals surface area contributed by atoms with Gasteiger partial charge in [-0.2, -0.15) is 17.4 Å². The van der Waals surface area contributed by atoms with Gasteiger partial charge in [0, 0.05) is 11.1 Å². The molecule has 0 spiro atoms. The van der Waals surface area contributed by atoms with Crippen LogP contribution in [0.5, 0.6) is 0 Å². The third-order valence-electron chi connectivity index (χ3n) is 2.65. The van der Waals surface area contributed by atoms with E-state index in [-0.39, 0.29) is 5.25 Å². The Morgan fingerprint density at radius 1 is 1.28 bits per heavy atom. The smallest absolute Gasteiger partial charge is 0.283 e. The molecule has 2 rings (SSSR count). The predicted octanol–water partition coefficient (Wildman–Crippen LogP) is 3.07. The summed E-state index contributed by atoms with van der Waals surface area (Å²) in [4.78, 5) is 11.5. The van der Waals surface area contributed by atoms with E-state index in [9.17, 15) is 10.0 Å². The number of aryl methyl sites for hydroxylation is 1. The molecule has 94 valence electrons. The monoisotopic (exact) mass is 281 g/mol. The summed E-state index contributed by atoms with van der Waals surface area (Å²) in [5, 5.41) is 9.98. The Labute approximate surface area is 115 Å². The summed E-state index contributed by atoms with van der Waals surface area (Å²) in [5.41, 5.74) is 1.62. The van der Waals surface area contributed by atoms with Crippen LogP contribution in [0.3, 0.4) is 0 Å². The van der Waals surface area contributed by atoms with Crippen LogP contribution < -0.4 is 5.56 Å². The van der Waals surface area contributed by atoms with Crippen molar-refractivity contribution in [3.8, 4) is 0 Å². The molecule has 0 aliphatic heterocycles. The topological polar surface area (TPSA) is 42.2 Å². The zero-order valence-corrected chi connectivity index (χ0v) is 11.3. The summed E-state index contributed by atoms with van der Waals surface area (Å²) in [5.74, 6) is 0. The van der Waals surface area contributed by atoms with Crippen LogP contribution in [0.1, 0.15) is 22.1 Å². The molecule has 0 aliphatic rings. The molecular weight excluding hydrogens is 270 g/mol. The molecule has 5 heteroatoms. The van der Waals surface area contributed by atoms with Crippen molar-refractivity contribution in [2.24, 2.45) is 0 Å². The fourth-order valence-electron chi connectivity index (χ4n) is 1.73. The lowest BCUT2D eigenvalue weighted by molar-refractivity contribution is 0.166. The van der Waals surface area contributed by atoms with Crippen molar-refractivity contribution in [1.29, 1.82) is 0 Å². The summed E-state index contributed by atoms with van der Waals surface area (Å²) in [7, 11) is 0. The van der Waals surface area contributed by atoms with E-state index in [1.165, 1.54) is 6.07 Å². The molecule has 0 amide bonds. The summed E-state index contributed by atoms with van der Waals surface area (Å²) >= 11 is 10.3. The molecule has 1 aromatic carbocycles. The van der Waals surface area contributed by atoms with E-state index in [0.29, 0.717) is 15.4 Å². The van der Waals surface area contributed by atoms with Gasteiger partial charge < -0.3 is 5.21 Å². The van der Waals surface area contributed by atoms with E-state index in [1.807, 2.05) is 12.1 Å². The quantitative estimate of drug-likeness (QED) is 0.656. The van der Waals surface area contributed by atoms with Gasteiger partial charge in [0.05, 0.1) is 10.9 Å². The normalized spacial score (nSPS) is 12.4. The van der Waals surface area contributed by atoms with Gasteiger partial charge in [0.2, 0.25) is 0 Å². The van der Waals surface area contributed by atoms with Gasteiger partial charge >= 0.3 is 0 Å². The molecule has 3 nitrogen and oxygen atoms in total. The zero-order valence-electron chi connectivity index (χ0n) is 9.67. The lowest BCUT2D eigenvalue weighted by Crippen LogP contribution is -2.22. The van der Waals surface area contributed by atoms with E-state index in [4.69, 9.17) is 11.6 Å². The second-order valence-corrected chi connectivity index (χ2v) is 5.01. The van der Waals surface area contributed by atoms with Crippen LogP contribution in [-0.2, 0) is 0 Å². The predicted molar refractivity (Wildman–Crippen MR) is 74.9 cm³/mol. The number of halogens is 1. The number of hydrogen-bond acceptors (Lipinski definition) is 3. The lowest BCUT2D eigenvalue weighted by Gasteiger charge is -2.14. The van der Waals surface area contributed by atoms with Crippen LogP contribution >= 0.6 is 24.2 Å². The Kier molecular flexibility index (Phi) is 3.68. The minimum Gasteiger partial charge on any atom is -0.425 e. The Bertz CT molecular complexity index is 622. The molecule has 1 atom stereocenters. The highest BCUT2D eigenvalue weighted by Gasteiger charge is 2.15. The molecule has 1 heterocycles. The van der Waals surface area contributed by atoms with Crippen molar-refractivity contribution in [2.75, 3.05) is 0 Å². The van der Waals surface area contributed by atoms with Crippen molar-refractivity contribution in [3.05, 3.63) is 68.6 Å². The van der Waals surface area contributed by atoms with Crippen LogP contribution in [-0.4, -0.2) is 9.94 Å². The highest BCUT2D eigenvalue weighted by Crippen LogP contribution is 2.28. The van der Waals surface area contributed by atoms with Gasteiger partial charge in [-0.05, 0) is 36.2 Å². The van der Waals surface area contributed by atoms with E-state index >= 15 is 0 Å². The molecule has 0 aliphatic carbocycles.